The molecule has 2 rings (SSSR count). The highest BCUT2D eigenvalue weighted by atomic mass is 16.5. The summed E-state index contributed by atoms with van der Waals surface area (Å²) >= 11 is 0. The smallest absolute Gasteiger partial charge is 0.303 e. The first-order valence-electron chi connectivity index (χ1n) is 8.48. The molecule has 1 aliphatic rings. The molecule has 0 aromatic heterocycles. The highest BCUT2D eigenvalue weighted by molar-refractivity contribution is 5.94. The molecule has 0 spiro atoms. The zero-order valence-corrected chi connectivity index (χ0v) is 14.3. The first kappa shape index (κ1) is 18.8. The van der Waals surface area contributed by atoms with Crippen molar-refractivity contribution in [2.45, 2.75) is 39.0 Å². The Morgan fingerprint density at radius 3 is 2.92 bits per heavy atom. The minimum atomic E-state index is -0.861. The summed E-state index contributed by atoms with van der Waals surface area (Å²) in [6, 6.07) is 5.55. The number of nitrogens with one attached hydrogen (secondary N) is 2. The summed E-state index contributed by atoms with van der Waals surface area (Å²) in [5.41, 5.74) is 1.89. The Hall–Kier alpha value is -2.57. The van der Waals surface area contributed by atoms with Gasteiger partial charge in [-0.05, 0) is 42.5 Å². The van der Waals surface area contributed by atoms with E-state index in [0.717, 1.165) is 17.0 Å². The third kappa shape index (κ3) is 6.45. The van der Waals surface area contributed by atoms with E-state index >= 15 is 0 Å². The van der Waals surface area contributed by atoms with Crippen LogP contribution in [0.5, 0.6) is 5.75 Å². The fourth-order valence-electron chi connectivity index (χ4n) is 2.62. The maximum atomic E-state index is 11.7. The van der Waals surface area contributed by atoms with Crippen LogP contribution in [0.15, 0.2) is 18.2 Å². The molecule has 0 bridgehead atoms. The van der Waals surface area contributed by atoms with E-state index in [9.17, 15) is 14.4 Å². The molecule has 25 heavy (non-hydrogen) atoms. The molecule has 2 amide bonds. The van der Waals surface area contributed by atoms with E-state index in [1.807, 2.05) is 12.1 Å². The summed E-state index contributed by atoms with van der Waals surface area (Å²) in [6.07, 6.45) is 2.14. The van der Waals surface area contributed by atoms with Crippen molar-refractivity contribution in [1.82, 2.24) is 5.32 Å². The van der Waals surface area contributed by atoms with Crippen LogP contribution < -0.4 is 15.4 Å². The minimum absolute atomic E-state index is 0.0323. The molecule has 1 atom stereocenters. The Kier molecular flexibility index (Phi) is 6.80. The molecule has 7 heteroatoms. The van der Waals surface area contributed by atoms with E-state index in [2.05, 4.69) is 10.6 Å². The highest BCUT2D eigenvalue weighted by Crippen LogP contribution is 2.26. The van der Waals surface area contributed by atoms with Crippen LogP contribution >= 0.6 is 0 Å². The summed E-state index contributed by atoms with van der Waals surface area (Å²) in [7, 11) is 0. The fourth-order valence-corrected chi connectivity index (χ4v) is 2.62. The van der Waals surface area contributed by atoms with Crippen LogP contribution in [-0.4, -0.2) is 36.0 Å². The number of carbonyl (C=O) groups is 3. The second-order valence-corrected chi connectivity index (χ2v) is 6.33. The molecule has 0 fully saturated rings. The lowest BCUT2D eigenvalue weighted by atomic mass is 10.0. The average molecular weight is 348 g/mol. The van der Waals surface area contributed by atoms with E-state index in [-0.39, 0.29) is 24.2 Å². The van der Waals surface area contributed by atoms with Gasteiger partial charge in [-0.2, -0.15) is 0 Å². The van der Waals surface area contributed by atoms with E-state index in [1.54, 1.807) is 13.0 Å². The summed E-state index contributed by atoms with van der Waals surface area (Å²) in [6.45, 7) is 2.57. The van der Waals surface area contributed by atoms with Crippen LogP contribution in [-0.2, 0) is 20.8 Å². The number of amides is 2. The zero-order valence-electron chi connectivity index (χ0n) is 14.3. The number of carboxylic acid groups (broad SMARTS) is 1. The zero-order chi connectivity index (χ0) is 18.2. The lowest BCUT2D eigenvalue weighted by Crippen LogP contribution is -2.29. The van der Waals surface area contributed by atoms with Crippen molar-refractivity contribution in [2.75, 3.05) is 18.5 Å². The molecule has 1 aliphatic heterocycles. The van der Waals surface area contributed by atoms with Gasteiger partial charge in [0.2, 0.25) is 11.8 Å². The number of carbonyl (C=O) groups excluding carboxylic acids is 2. The van der Waals surface area contributed by atoms with E-state index in [4.69, 9.17) is 9.84 Å². The molecular formula is C18H24N2O5. The minimum Gasteiger partial charge on any atom is -0.494 e. The van der Waals surface area contributed by atoms with Gasteiger partial charge in [-0.3, -0.25) is 14.4 Å². The molecule has 1 aromatic carbocycles. The summed E-state index contributed by atoms with van der Waals surface area (Å²) in [5, 5.41) is 14.2. The number of fused-ring (bicyclic) bond motifs is 1. The molecule has 136 valence electrons. The van der Waals surface area contributed by atoms with Gasteiger partial charge in [-0.25, -0.2) is 0 Å². The Labute approximate surface area is 146 Å². The van der Waals surface area contributed by atoms with E-state index < -0.39 is 5.97 Å². The van der Waals surface area contributed by atoms with Gasteiger partial charge >= 0.3 is 5.97 Å². The molecule has 0 saturated heterocycles. The number of ether oxygens (including phenoxy) is 1. The van der Waals surface area contributed by atoms with Crippen LogP contribution in [0.4, 0.5) is 5.69 Å². The second-order valence-electron chi connectivity index (χ2n) is 6.33. The molecule has 0 saturated carbocycles. The number of anilines is 1. The molecule has 0 aliphatic carbocycles. The van der Waals surface area contributed by atoms with Crippen molar-refractivity contribution in [1.29, 1.82) is 0 Å². The monoisotopic (exact) mass is 348 g/mol. The SMILES string of the molecule is CC(CNC(=O)CCCOc1ccc2c(c1)CCC(=O)N2)CC(=O)O. The van der Waals surface area contributed by atoms with Gasteiger partial charge in [-0.15, -0.1) is 0 Å². The largest absolute Gasteiger partial charge is 0.494 e. The van der Waals surface area contributed by atoms with Crippen molar-refractivity contribution in [3.05, 3.63) is 23.8 Å². The van der Waals surface area contributed by atoms with Crippen molar-refractivity contribution in [3.63, 3.8) is 0 Å². The fraction of sp³-hybridized carbons (Fsp3) is 0.500. The Bertz CT molecular complexity index is 644. The molecular weight excluding hydrogens is 324 g/mol. The first-order valence-corrected chi connectivity index (χ1v) is 8.48. The van der Waals surface area contributed by atoms with Gasteiger partial charge in [-0.1, -0.05) is 6.92 Å². The average Bonchev–Trinajstić information content (AvgIpc) is 2.56. The lowest BCUT2D eigenvalue weighted by molar-refractivity contribution is -0.138. The summed E-state index contributed by atoms with van der Waals surface area (Å²) in [5.74, 6) is -0.294. The Balaban J connectivity index is 1.65. The molecule has 0 radical (unpaired) electrons. The number of hydrogen-bond donors (Lipinski definition) is 3. The molecule has 1 aromatic rings. The van der Waals surface area contributed by atoms with Crippen molar-refractivity contribution >= 4 is 23.5 Å². The van der Waals surface area contributed by atoms with Gasteiger partial charge in [0.15, 0.2) is 0 Å². The summed E-state index contributed by atoms with van der Waals surface area (Å²) < 4.78 is 5.66. The third-order valence-corrected chi connectivity index (χ3v) is 3.96. The molecule has 7 nitrogen and oxygen atoms in total. The predicted octanol–water partition coefficient (Wildman–Crippen LogP) is 1.96. The molecule has 1 heterocycles. The maximum absolute atomic E-state index is 11.7. The summed E-state index contributed by atoms with van der Waals surface area (Å²) in [4.78, 5) is 33.6. The Morgan fingerprint density at radius 1 is 1.36 bits per heavy atom. The maximum Gasteiger partial charge on any atom is 0.303 e. The van der Waals surface area contributed by atoms with Crippen molar-refractivity contribution in [2.24, 2.45) is 5.92 Å². The van der Waals surface area contributed by atoms with Crippen molar-refractivity contribution < 1.29 is 24.2 Å². The van der Waals surface area contributed by atoms with E-state index in [1.165, 1.54) is 0 Å². The Morgan fingerprint density at radius 2 is 2.16 bits per heavy atom. The highest BCUT2D eigenvalue weighted by Gasteiger charge is 2.15. The quantitative estimate of drug-likeness (QED) is 0.592. The standard InChI is InChI=1S/C18H24N2O5/c1-12(9-18(23)24)11-19-16(21)3-2-8-25-14-5-6-15-13(10-14)4-7-17(22)20-15/h5-6,10,12H,2-4,7-9,11H2,1H3,(H,19,21)(H,20,22)(H,23,24). The number of hydrogen-bond acceptors (Lipinski definition) is 4. The topological polar surface area (TPSA) is 105 Å². The first-order chi connectivity index (χ1) is 11.9. The normalized spacial score (nSPS) is 14.2. The lowest BCUT2D eigenvalue weighted by Gasteiger charge is -2.17. The molecule has 1 unspecified atom stereocenters. The number of benzene rings is 1. The molecule has 3 N–H and O–H groups in total. The number of carboxylic acids is 1. The van der Waals surface area contributed by atoms with Gasteiger partial charge in [0, 0.05) is 31.5 Å². The van der Waals surface area contributed by atoms with Crippen LogP contribution in [0.25, 0.3) is 0 Å². The number of aliphatic carboxylic acids is 1. The van der Waals surface area contributed by atoms with Crippen molar-refractivity contribution in [3.8, 4) is 5.75 Å². The van der Waals surface area contributed by atoms with Crippen LogP contribution in [0, 0.1) is 5.92 Å². The number of rotatable bonds is 9. The van der Waals surface area contributed by atoms with Crippen LogP contribution in [0.2, 0.25) is 0 Å². The van der Waals surface area contributed by atoms with E-state index in [0.29, 0.717) is 38.8 Å². The second kappa shape index (κ2) is 9.05. The van der Waals surface area contributed by atoms with Crippen LogP contribution in [0.3, 0.4) is 0 Å². The third-order valence-electron chi connectivity index (χ3n) is 3.96. The van der Waals surface area contributed by atoms with Gasteiger partial charge in [0.25, 0.3) is 0 Å². The van der Waals surface area contributed by atoms with Gasteiger partial charge in [0.1, 0.15) is 5.75 Å². The number of aryl methyl sites for hydroxylation is 1. The van der Waals surface area contributed by atoms with Gasteiger partial charge in [0.05, 0.1) is 6.61 Å². The van der Waals surface area contributed by atoms with Gasteiger partial charge < -0.3 is 20.5 Å². The van der Waals surface area contributed by atoms with Crippen LogP contribution in [0.1, 0.15) is 38.2 Å². The predicted molar refractivity (Wildman–Crippen MR) is 92.5 cm³/mol.